The van der Waals surface area contributed by atoms with Gasteiger partial charge in [0.1, 0.15) is 22.3 Å². The van der Waals surface area contributed by atoms with Gasteiger partial charge in [-0.2, -0.15) is 0 Å². The first-order valence-electron chi connectivity index (χ1n) is 21.0. The lowest BCUT2D eigenvalue weighted by Gasteiger charge is -2.38. The third kappa shape index (κ3) is 4.99. The molecule has 6 aromatic carbocycles. The second-order valence-corrected chi connectivity index (χ2v) is 16.6. The number of methoxy groups -OCH3 is 2. The number of hydrogen-bond acceptors (Lipinski definition) is 8. The minimum absolute atomic E-state index is 0.143. The van der Waals surface area contributed by atoms with Gasteiger partial charge in [-0.15, -0.1) is 0 Å². The summed E-state index contributed by atoms with van der Waals surface area (Å²) >= 11 is 0. The molecule has 0 N–H and O–H groups in total. The Morgan fingerprint density at radius 2 is 0.641 bits per heavy atom. The lowest BCUT2D eigenvalue weighted by molar-refractivity contribution is 0.0738. The number of fused-ring (bicyclic) bond motifs is 8. The van der Waals surface area contributed by atoms with Gasteiger partial charge in [0.2, 0.25) is 0 Å². The molecule has 0 bridgehead atoms. The van der Waals surface area contributed by atoms with Gasteiger partial charge >= 0.3 is 0 Å². The predicted molar refractivity (Wildman–Crippen MR) is 240 cm³/mol. The van der Waals surface area contributed by atoms with Crippen LogP contribution in [0.3, 0.4) is 0 Å². The first-order chi connectivity index (χ1) is 31.2. The summed E-state index contributed by atoms with van der Waals surface area (Å²) in [6.07, 6.45) is 7.24. The van der Waals surface area contributed by atoms with E-state index in [-0.39, 0.29) is 34.7 Å². The first kappa shape index (κ1) is 38.8. The summed E-state index contributed by atoms with van der Waals surface area (Å²) in [6.45, 7) is 0. The van der Waals surface area contributed by atoms with Crippen LogP contribution in [0.2, 0.25) is 0 Å². The fourth-order valence-electron chi connectivity index (χ4n) is 10.9. The molecular weight excluding hydrogens is 801 g/mol. The minimum atomic E-state index is -1.51. The van der Waals surface area contributed by atoms with Gasteiger partial charge in [0.15, 0.2) is 34.7 Å². The minimum Gasteiger partial charge on any atom is -0.497 e. The van der Waals surface area contributed by atoms with Crippen molar-refractivity contribution in [1.29, 1.82) is 0 Å². The van der Waals surface area contributed by atoms with E-state index in [0.29, 0.717) is 78.3 Å². The van der Waals surface area contributed by atoms with Crippen molar-refractivity contribution < 1.29 is 38.2 Å². The molecule has 0 unspecified atom stereocenters. The monoisotopic (exact) mass is 836 g/mol. The van der Waals surface area contributed by atoms with E-state index < -0.39 is 22.7 Å². The number of allylic oxidation sites excluding steroid dienone is 8. The van der Waals surface area contributed by atoms with Gasteiger partial charge in [0.25, 0.3) is 0 Å². The van der Waals surface area contributed by atoms with Gasteiger partial charge in [-0.25, -0.2) is 0 Å². The number of carbonyl (C=O) groups is 6. The highest BCUT2D eigenvalue weighted by Crippen LogP contribution is 2.62. The summed E-state index contributed by atoms with van der Waals surface area (Å²) in [4.78, 5) is 83.0. The Labute approximate surface area is 367 Å². The molecule has 2 atom stereocenters. The van der Waals surface area contributed by atoms with Crippen LogP contribution in [-0.4, -0.2) is 48.9 Å². The SMILES string of the molecule is COc1ccc([C@@H]2C=CC3=C(c4ccccc4C3=O)C23C(=O)c2ccccc2C3=O)cc1.COc1ccc([C@H]2C=CC3=C(c4ccccc4C3=O)C23C(=O)c2ccccc2C3=O)cc1. The number of Topliss-reactive ketones (excluding diaryl/α,β-unsaturated/α-hetero) is 6. The van der Waals surface area contributed by atoms with Crippen LogP contribution in [0.1, 0.15) is 96.2 Å². The number of carbonyl (C=O) groups excluding carboxylic acids is 6. The summed E-state index contributed by atoms with van der Waals surface area (Å²) in [5.41, 5.74) is 4.62. The van der Waals surface area contributed by atoms with Crippen molar-refractivity contribution in [3.8, 4) is 11.5 Å². The average Bonchev–Trinajstić information content (AvgIpc) is 3.96. The normalized spacial score (nSPS) is 19.9. The predicted octanol–water partition coefficient (Wildman–Crippen LogP) is 10.1. The number of ether oxygens (including phenoxy) is 2. The number of rotatable bonds is 4. The fourth-order valence-corrected chi connectivity index (χ4v) is 10.9. The van der Waals surface area contributed by atoms with Crippen molar-refractivity contribution in [1.82, 2.24) is 0 Å². The molecule has 0 saturated carbocycles. The molecule has 64 heavy (non-hydrogen) atoms. The van der Waals surface area contributed by atoms with Crippen LogP contribution in [0.25, 0.3) is 11.1 Å². The Bertz CT molecular complexity index is 2960. The molecule has 0 heterocycles. The van der Waals surface area contributed by atoms with Crippen LogP contribution in [0, 0.1) is 10.8 Å². The molecule has 0 saturated heterocycles. The van der Waals surface area contributed by atoms with E-state index in [1.165, 1.54) is 0 Å². The Morgan fingerprint density at radius 1 is 0.359 bits per heavy atom. The molecule has 2 spiro atoms. The number of hydrogen-bond donors (Lipinski definition) is 0. The number of ketones is 6. The second-order valence-electron chi connectivity index (χ2n) is 16.6. The van der Waals surface area contributed by atoms with E-state index in [4.69, 9.17) is 9.47 Å². The maximum atomic E-state index is 14.1. The van der Waals surface area contributed by atoms with Crippen LogP contribution in [0.4, 0.5) is 0 Å². The van der Waals surface area contributed by atoms with Gasteiger partial charge in [-0.3, -0.25) is 28.8 Å². The highest BCUT2D eigenvalue weighted by molar-refractivity contribution is 6.41. The standard InChI is InChI=1S/2C28H18O4/c2*1-32-17-12-10-16(11-13-17)23-15-14-22-24(18-6-2-3-7-19(18)25(22)29)28(23)26(30)20-8-4-5-9-21(20)27(28)31/h2*2-15,23H,1H3/t2*23-/m10/s1. The molecule has 8 heteroatoms. The van der Waals surface area contributed by atoms with E-state index in [1.807, 2.05) is 84.9 Å². The van der Waals surface area contributed by atoms with Gasteiger partial charge in [0.05, 0.1) is 14.2 Å². The zero-order valence-electron chi connectivity index (χ0n) is 34.6. The van der Waals surface area contributed by atoms with Crippen molar-refractivity contribution in [2.75, 3.05) is 14.2 Å². The highest BCUT2D eigenvalue weighted by atomic mass is 16.5. The van der Waals surface area contributed by atoms with Crippen LogP contribution in [-0.2, 0) is 0 Å². The quantitative estimate of drug-likeness (QED) is 0.161. The smallest absolute Gasteiger partial charge is 0.193 e. The molecule has 6 aliphatic carbocycles. The molecule has 12 rings (SSSR count). The van der Waals surface area contributed by atoms with E-state index in [1.54, 1.807) is 99.2 Å². The van der Waals surface area contributed by atoms with Crippen molar-refractivity contribution >= 4 is 45.8 Å². The molecule has 0 amide bonds. The summed E-state index contributed by atoms with van der Waals surface area (Å²) < 4.78 is 10.6. The average molecular weight is 837 g/mol. The maximum Gasteiger partial charge on any atom is 0.193 e. The van der Waals surface area contributed by atoms with E-state index in [9.17, 15) is 28.8 Å². The Hall–Kier alpha value is -8.10. The molecule has 6 aliphatic rings. The van der Waals surface area contributed by atoms with Crippen molar-refractivity contribution in [2.45, 2.75) is 11.8 Å². The van der Waals surface area contributed by atoms with Gasteiger partial charge in [0, 0.05) is 56.4 Å². The van der Waals surface area contributed by atoms with Crippen LogP contribution in [0.15, 0.2) is 181 Å². The lowest BCUT2D eigenvalue weighted by Crippen LogP contribution is -2.42. The third-order valence-corrected chi connectivity index (χ3v) is 13.8. The summed E-state index contributed by atoms with van der Waals surface area (Å²) in [6, 6.07) is 43.2. The zero-order valence-corrected chi connectivity index (χ0v) is 34.6. The molecule has 308 valence electrons. The first-order valence-corrected chi connectivity index (χ1v) is 21.0. The Morgan fingerprint density at radius 3 is 0.938 bits per heavy atom. The zero-order chi connectivity index (χ0) is 44.1. The van der Waals surface area contributed by atoms with E-state index >= 15 is 0 Å². The van der Waals surface area contributed by atoms with Crippen LogP contribution in [0.5, 0.6) is 11.5 Å². The Kier molecular flexibility index (Phi) is 8.62. The molecular formula is C56H36O8. The summed E-state index contributed by atoms with van der Waals surface area (Å²) in [7, 11) is 3.19. The third-order valence-electron chi connectivity index (χ3n) is 13.8. The van der Waals surface area contributed by atoms with Crippen molar-refractivity contribution in [3.63, 3.8) is 0 Å². The van der Waals surface area contributed by atoms with Crippen molar-refractivity contribution in [2.24, 2.45) is 10.8 Å². The summed E-state index contributed by atoms with van der Waals surface area (Å²) in [5, 5.41) is 0. The molecule has 0 radical (unpaired) electrons. The van der Waals surface area contributed by atoms with Crippen LogP contribution >= 0.6 is 0 Å². The molecule has 0 aromatic heterocycles. The van der Waals surface area contributed by atoms with E-state index in [2.05, 4.69) is 0 Å². The maximum absolute atomic E-state index is 14.1. The number of benzene rings is 6. The van der Waals surface area contributed by atoms with Crippen LogP contribution < -0.4 is 9.47 Å². The fraction of sp³-hybridized carbons (Fsp3) is 0.107. The van der Waals surface area contributed by atoms with Crippen molar-refractivity contribution in [3.05, 3.63) is 237 Å². The van der Waals surface area contributed by atoms with Gasteiger partial charge < -0.3 is 9.47 Å². The Balaban J connectivity index is 0.000000143. The van der Waals surface area contributed by atoms with Gasteiger partial charge in [-0.1, -0.05) is 146 Å². The summed E-state index contributed by atoms with van der Waals surface area (Å²) in [5.74, 6) is -0.988. The molecule has 0 fully saturated rings. The van der Waals surface area contributed by atoms with E-state index in [0.717, 1.165) is 11.1 Å². The van der Waals surface area contributed by atoms with Gasteiger partial charge in [-0.05, 0) is 57.7 Å². The highest BCUT2D eigenvalue weighted by Gasteiger charge is 2.64. The topological polar surface area (TPSA) is 121 Å². The largest absolute Gasteiger partial charge is 0.497 e. The molecule has 0 aliphatic heterocycles. The lowest BCUT2D eigenvalue weighted by atomic mass is 9.60. The molecule has 6 aromatic rings. The second kappa shape index (κ2) is 14.2. The molecule has 8 nitrogen and oxygen atoms in total.